The van der Waals surface area contributed by atoms with E-state index in [9.17, 15) is 14.0 Å². The molecule has 1 saturated heterocycles. The number of likely N-dealkylation sites (tertiary alicyclic amines) is 1. The summed E-state index contributed by atoms with van der Waals surface area (Å²) in [4.78, 5) is 26.1. The Kier molecular flexibility index (Phi) is 5.68. The number of para-hydroxylation sites is 3. The summed E-state index contributed by atoms with van der Waals surface area (Å²) in [6.07, 6.45) is 2.00. The highest BCUT2D eigenvalue weighted by Crippen LogP contribution is 2.22. The predicted molar refractivity (Wildman–Crippen MR) is 96.8 cm³/mol. The van der Waals surface area contributed by atoms with E-state index in [4.69, 9.17) is 4.74 Å². The summed E-state index contributed by atoms with van der Waals surface area (Å²) in [6, 6.07) is 12.6. The molecule has 0 spiro atoms. The molecule has 3 rings (SSSR count). The predicted octanol–water partition coefficient (Wildman–Crippen LogP) is 3.47. The van der Waals surface area contributed by atoms with E-state index in [-0.39, 0.29) is 18.4 Å². The molecule has 1 aliphatic rings. The maximum atomic E-state index is 13.5. The average Bonchev–Trinajstić information content (AvgIpc) is 3.17. The molecule has 0 saturated carbocycles. The maximum Gasteiger partial charge on any atom is 0.321 e. The summed E-state index contributed by atoms with van der Waals surface area (Å²) < 4.78 is 18.7. The van der Waals surface area contributed by atoms with Gasteiger partial charge in [0.15, 0.2) is 18.2 Å². The minimum atomic E-state index is -0.529. The summed E-state index contributed by atoms with van der Waals surface area (Å²) >= 11 is 0. The lowest BCUT2D eigenvalue weighted by Gasteiger charge is -2.18. The van der Waals surface area contributed by atoms with Gasteiger partial charge in [-0.05, 0) is 37.1 Å². The lowest BCUT2D eigenvalue weighted by molar-refractivity contribution is -0.118. The average molecular weight is 357 g/mol. The van der Waals surface area contributed by atoms with Crippen LogP contribution in [0.4, 0.5) is 20.6 Å². The van der Waals surface area contributed by atoms with E-state index in [2.05, 4.69) is 10.6 Å². The monoisotopic (exact) mass is 357 g/mol. The maximum absolute atomic E-state index is 13.5. The molecule has 6 nitrogen and oxygen atoms in total. The van der Waals surface area contributed by atoms with E-state index in [1.807, 2.05) is 0 Å². The second-order valence-electron chi connectivity index (χ2n) is 5.94. The zero-order chi connectivity index (χ0) is 18.4. The first kappa shape index (κ1) is 17.7. The van der Waals surface area contributed by atoms with E-state index in [0.29, 0.717) is 11.4 Å². The van der Waals surface area contributed by atoms with Gasteiger partial charge in [0.2, 0.25) is 0 Å². The Hall–Kier alpha value is -3.09. The molecule has 0 radical (unpaired) electrons. The Morgan fingerprint density at radius 3 is 2.27 bits per heavy atom. The molecule has 1 fully saturated rings. The van der Waals surface area contributed by atoms with Gasteiger partial charge in [-0.1, -0.05) is 24.3 Å². The lowest BCUT2D eigenvalue weighted by atomic mass is 10.2. The molecule has 3 amide bonds. The van der Waals surface area contributed by atoms with Crippen LogP contribution in [-0.4, -0.2) is 36.5 Å². The number of halogens is 1. The summed E-state index contributed by atoms with van der Waals surface area (Å²) in [5.41, 5.74) is 0.964. The van der Waals surface area contributed by atoms with Gasteiger partial charge in [-0.25, -0.2) is 9.18 Å². The Balaban J connectivity index is 1.59. The number of ether oxygens (including phenoxy) is 1. The molecular formula is C19H20FN3O3. The molecule has 2 aromatic carbocycles. The molecular weight excluding hydrogens is 337 g/mol. The minimum Gasteiger partial charge on any atom is -0.481 e. The standard InChI is InChI=1S/C19H20FN3O3/c20-14-7-1-4-10-17(14)26-13-18(24)21-15-8-2-3-9-16(15)22-19(25)23-11-5-6-12-23/h1-4,7-10H,5-6,11-13H2,(H,21,24)(H,22,25). The third kappa shape index (κ3) is 4.50. The number of nitrogens with zero attached hydrogens (tertiary/aromatic N) is 1. The summed E-state index contributed by atoms with van der Waals surface area (Å²) in [5.74, 6) is -0.965. The fraction of sp³-hybridized carbons (Fsp3) is 0.263. The molecule has 0 unspecified atom stereocenters. The van der Waals surface area contributed by atoms with Crippen molar-refractivity contribution < 1.29 is 18.7 Å². The third-order valence-corrected chi connectivity index (χ3v) is 4.03. The van der Waals surface area contributed by atoms with Crippen molar-refractivity contribution in [2.24, 2.45) is 0 Å². The Morgan fingerprint density at radius 2 is 1.58 bits per heavy atom. The molecule has 2 aromatic rings. The van der Waals surface area contributed by atoms with Crippen LogP contribution in [0.15, 0.2) is 48.5 Å². The second-order valence-corrected chi connectivity index (χ2v) is 5.94. The highest BCUT2D eigenvalue weighted by atomic mass is 19.1. The molecule has 0 bridgehead atoms. The second kappa shape index (κ2) is 8.33. The van der Waals surface area contributed by atoms with Crippen molar-refractivity contribution in [3.05, 3.63) is 54.3 Å². The van der Waals surface area contributed by atoms with Crippen LogP contribution < -0.4 is 15.4 Å². The fourth-order valence-corrected chi connectivity index (χ4v) is 2.71. The van der Waals surface area contributed by atoms with Crippen LogP contribution >= 0.6 is 0 Å². The molecule has 0 aliphatic carbocycles. The zero-order valence-electron chi connectivity index (χ0n) is 14.2. The van der Waals surface area contributed by atoms with Gasteiger partial charge in [-0.3, -0.25) is 4.79 Å². The topological polar surface area (TPSA) is 70.7 Å². The molecule has 1 heterocycles. The van der Waals surface area contributed by atoms with Crippen molar-refractivity contribution in [3.8, 4) is 5.75 Å². The minimum absolute atomic E-state index is 0.0123. The van der Waals surface area contributed by atoms with E-state index < -0.39 is 11.7 Å². The smallest absolute Gasteiger partial charge is 0.321 e. The van der Waals surface area contributed by atoms with Gasteiger partial charge < -0.3 is 20.3 Å². The van der Waals surface area contributed by atoms with Gasteiger partial charge in [-0.2, -0.15) is 0 Å². The largest absolute Gasteiger partial charge is 0.481 e. The Bertz CT molecular complexity index is 791. The number of carbonyl (C=O) groups excluding carboxylic acids is 2. The van der Waals surface area contributed by atoms with Crippen molar-refractivity contribution in [2.45, 2.75) is 12.8 Å². The van der Waals surface area contributed by atoms with E-state index in [0.717, 1.165) is 25.9 Å². The zero-order valence-corrected chi connectivity index (χ0v) is 14.2. The first-order valence-corrected chi connectivity index (χ1v) is 8.45. The van der Waals surface area contributed by atoms with Gasteiger partial charge in [0.25, 0.3) is 5.91 Å². The van der Waals surface area contributed by atoms with E-state index >= 15 is 0 Å². The van der Waals surface area contributed by atoms with Gasteiger partial charge in [0.1, 0.15) is 0 Å². The van der Waals surface area contributed by atoms with Crippen LogP contribution in [0.25, 0.3) is 0 Å². The summed E-state index contributed by atoms with van der Waals surface area (Å²) in [5, 5.41) is 5.49. The summed E-state index contributed by atoms with van der Waals surface area (Å²) in [7, 11) is 0. The first-order chi connectivity index (χ1) is 12.6. The van der Waals surface area contributed by atoms with Crippen LogP contribution in [0.1, 0.15) is 12.8 Å². The van der Waals surface area contributed by atoms with E-state index in [1.54, 1.807) is 41.3 Å². The Morgan fingerprint density at radius 1 is 0.962 bits per heavy atom. The quantitative estimate of drug-likeness (QED) is 0.861. The van der Waals surface area contributed by atoms with Crippen molar-refractivity contribution in [1.82, 2.24) is 4.90 Å². The Labute approximate surface area is 150 Å². The molecule has 136 valence electrons. The van der Waals surface area contributed by atoms with Crippen molar-refractivity contribution in [2.75, 3.05) is 30.3 Å². The number of nitrogens with one attached hydrogen (secondary N) is 2. The van der Waals surface area contributed by atoms with Crippen LogP contribution in [-0.2, 0) is 4.79 Å². The fourth-order valence-electron chi connectivity index (χ4n) is 2.71. The van der Waals surface area contributed by atoms with Crippen LogP contribution in [0.2, 0.25) is 0 Å². The molecule has 7 heteroatoms. The molecule has 1 aliphatic heterocycles. The first-order valence-electron chi connectivity index (χ1n) is 8.45. The van der Waals surface area contributed by atoms with Gasteiger partial charge >= 0.3 is 6.03 Å². The number of urea groups is 1. The number of carbonyl (C=O) groups is 2. The van der Waals surface area contributed by atoms with E-state index in [1.165, 1.54) is 12.1 Å². The van der Waals surface area contributed by atoms with Gasteiger partial charge in [0, 0.05) is 13.1 Å². The van der Waals surface area contributed by atoms with Crippen molar-refractivity contribution in [1.29, 1.82) is 0 Å². The lowest BCUT2D eigenvalue weighted by Crippen LogP contribution is -2.32. The summed E-state index contributed by atoms with van der Waals surface area (Å²) in [6.45, 7) is 1.13. The van der Waals surface area contributed by atoms with Crippen molar-refractivity contribution in [3.63, 3.8) is 0 Å². The van der Waals surface area contributed by atoms with Gasteiger partial charge in [0.05, 0.1) is 11.4 Å². The SMILES string of the molecule is O=C(COc1ccccc1F)Nc1ccccc1NC(=O)N1CCCC1. The number of benzene rings is 2. The number of rotatable bonds is 5. The van der Waals surface area contributed by atoms with Gasteiger partial charge in [-0.15, -0.1) is 0 Å². The number of anilines is 2. The van der Waals surface area contributed by atoms with Crippen LogP contribution in [0.5, 0.6) is 5.75 Å². The number of hydrogen-bond acceptors (Lipinski definition) is 3. The molecule has 0 atom stereocenters. The molecule has 2 N–H and O–H groups in total. The highest BCUT2D eigenvalue weighted by molar-refractivity contribution is 5.99. The molecule has 26 heavy (non-hydrogen) atoms. The third-order valence-electron chi connectivity index (χ3n) is 4.03. The number of amides is 3. The normalized spacial score (nSPS) is 13.3. The number of hydrogen-bond donors (Lipinski definition) is 2. The van der Waals surface area contributed by atoms with Crippen LogP contribution in [0.3, 0.4) is 0 Å². The highest BCUT2D eigenvalue weighted by Gasteiger charge is 2.19. The van der Waals surface area contributed by atoms with Crippen LogP contribution in [0, 0.1) is 5.82 Å². The van der Waals surface area contributed by atoms with Crippen molar-refractivity contribution >= 4 is 23.3 Å². The molecule has 0 aromatic heterocycles.